The zero-order valence-corrected chi connectivity index (χ0v) is 8.72. The largest absolute Gasteiger partial charge is 0.380 e. The minimum atomic E-state index is 0.930. The SMILES string of the molecule is CC1=CCNC(C2=CC(C)=CCN2)=C1. The van der Waals surface area contributed by atoms with Gasteiger partial charge in [0, 0.05) is 13.1 Å². The molecule has 0 aromatic carbocycles. The average molecular weight is 188 g/mol. The molecule has 74 valence electrons. The zero-order valence-electron chi connectivity index (χ0n) is 8.72. The summed E-state index contributed by atoms with van der Waals surface area (Å²) in [4.78, 5) is 0. The fourth-order valence-corrected chi connectivity index (χ4v) is 1.67. The van der Waals surface area contributed by atoms with Crippen LogP contribution in [0.4, 0.5) is 0 Å². The van der Waals surface area contributed by atoms with Crippen LogP contribution in [0.3, 0.4) is 0 Å². The highest BCUT2D eigenvalue weighted by Gasteiger charge is 2.09. The van der Waals surface area contributed by atoms with Crippen molar-refractivity contribution in [1.29, 1.82) is 0 Å². The Morgan fingerprint density at radius 3 is 1.64 bits per heavy atom. The Kier molecular flexibility index (Phi) is 2.44. The van der Waals surface area contributed by atoms with Gasteiger partial charge in [0.25, 0.3) is 0 Å². The first-order chi connectivity index (χ1) is 6.75. The van der Waals surface area contributed by atoms with E-state index < -0.39 is 0 Å². The Hall–Kier alpha value is -1.44. The van der Waals surface area contributed by atoms with Gasteiger partial charge in [0.1, 0.15) is 0 Å². The van der Waals surface area contributed by atoms with Crippen LogP contribution in [0.2, 0.25) is 0 Å². The van der Waals surface area contributed by atoms with E-state index in [0.29, 0.717) is 0 Å². The van der Waals surface area contributed by atoms with E-state index in [4.69, 9.17) is 0 Å². The number of hydrogen-bond acceptors (Lipinski definition) is 2. The highest BCUT2D eigenvalue weighted by atomic mass is 15.0. The maximum Gasteiger partial charge on any atom is 0.0581 e. The molecule has 0 aromatic rings. The number of nitrogens with one attached hydrogen (secondary N) is 2. The van der Waals surface area contributed by atoms with Crippen LogP contribution in [-0.2, 0) is 0 Å². The summed E-state index contributed by atoms with van der Waals surface area (Å²) in [6.45, 7) is 6.12. The molecule has 2 heterocycles. The summed E-state index contributed by atoms with van der Waals surface area (Å²) in [5.41, 5.74) is 5.07. The summed E-state index contributed by atoms with van der Waals surface area (Å²) in [5.74, 6) is 0. The molecule has 0 saturated carbocycles. The molecule has 0 saturated heterocycles. The van der Waals surface area contributed by atoms with Crippen LogP contribution in [0, 0.1) is 0 Å². The van der Waals surface area contributed by atoms with Gasteiger partial charge in [0.15, 0.2) is 0 Å². The smallest absolute Gasteiger partial charge is 0.0581 e. The molecule has 2 aliphatic rings. The van der Waals surface area contributed by atoms with Crippen LogP contribution in [0.1, 0.15) is 13.8 Å². The lowest BCUT2D eigenvalue weighted by Crippen LogP contribution is -2.27. The summed E-state index contributed by atoms with van der Waals surface area (Å²) in [6, 6.07) is 0. The molecule has 0 atom stereocenters. The fourth-order valence-electron chi connectivity index (χ4n) is 1.67. The van der Waals surface area contributed by atoms with Crippen LogP contribution in [-0.4, -0.2) is 13.1 Å². The molecule has 14 heavy (non-hydrogen) atoms. The van der Waals surface area contributed by atoms with E-state index in [-0.39, 0.29) is 0 Å². The first-order valence-corrected chi connectivity index (χ1v) is 5.01. The number of allylic oxidation sites excluding steroid dienone is 4. The minimum Gasteiger partial charge on any atom is -0.380 e. The van der Waals surface area contributed by atoms with Gasteiger partial charge in [0.2, 0.25) is 0 Å². The molecule has 0 aromatic heterocycles. The second kappa shape index (κ2) is 3.74. The van der Waals surface area contributed by atoms with Crippen molar-refractivity contribution in [3.63, 3.8) is 0 Å². The fraction of sp³-hybridized carbons (Fsp3) is 0.333. The third-order valence-corrected chi connectivity index (χ3v) is 2.47. The first kappa shape index (κ1) is 9.13. The molecule has 2 N–H and O–H groups in total. The lowest BCUT2D eigenvalue weighted by atomic mass is 10.1. The van der Waals surface area contributed by atoms with E-state index in [1.54, 1.807) is 0 Å². The van der Waals surface area contributed by atoms with Crippen molar-refractivity contribution in [1.82, 2.24) is 10.6 Å². The van der Waals surface area contributed by atoms with Gasteiger partial charge in [-0.3, -0.25) is 0 Å². The summed E-state index contributed by atoms with van der Waals surface area (Å²) in [7, 11) is 0. The molecule has 0 amide bonds. The van der Waals surface area contributed by atoms with Gasteiger partial charge in [-0.15, -0.1) is 0 Å². The zero-order chi connectivity index (χ0) is 9.97. The summed E-state index contributed by atoms with van der Waals surface area (Å²) in [5, 5.41) is 6.73. The summed E-state index contributed by atoms with van der Waals surface area (Å²) < 4.78 is 0. The molecular weight excluding hydrogens is 172 g/mol. The number of dihydropyridines is 2. The molecule has 2 nitrogen and oxygen atoms in total. The second-order valence-corrected chi connectivity index (χ2v) is 3.77. The van der Waals surface area contributed by atoms with Crippen molar-refractivity contribution in [3.05, 3.63) is 46.8 Å². The summed E-state index contributed by atoms with van der Waals surface area (Å²) >= 11 is 0. The molecule has 2 rings (SSSR count). The molecule has 0 aliphatic carbocycles. The minimum absolute atomic E-state index is 0.930. The molecule has 0 radical (unpaired) electrons. The quantitative estimate of drug-likeness (QED) is 0.656. The molecular formula is C12H16N2. The van der Waals surface area contributed by atoms with Gasteiger partial charge in [0.05, 0.1) is 11.4 Å². The van der Waals surface area contributed by atoms with Gasteiger partial charge >= 0.3 is 0 Å². The van der Waals surface area contributed by atoms with Crippen molar-refractivity contribution < 1.29 is 0 Å². The predicted octanol–water partition coefficient (Wildman–Crippen LogP) is 1.85. The van der Waals surface area contributed by atoms with Crippen molar-refractivity contribution in [2.24, 2.45) is 0 Å². The molecule has 2 aliphatic heterocycles. The highest BCUT2D eigenvalue weighted by Crippen LogP contribution is 2.15. The first-order valence-electron chi connectivity index (χ1n) is 5.01. The van der Waals surface area contributed by atoms with Crippen LogP contribution in [0.25, 0.3) is 0 Å². The van der Waals surface area contributed by atoms with Crippen molar-refractivity contribution in [3.8, 4) is 0 Å². The van der Waals surface area contributed by atoms with Gasteiger partial charge in [-0.05, 0) is 26.0 Å². The highest BCUT2D eigenvalue weighted by molar-refractivity contribution is 5.42. The van der Waals surface area contributed by atoms with E-state index >= 15 is 0 Å². The van der Waals surface area contributed by atoms with Gasteiger partial charge in [-0.1, -0.05) is 23.3 Å². The molecule has 0 bridgehead atoms. The normalized spacial score (nSPS) is 21.0. The lowest BCUT2D eigenvalue weighted by molar-refractivity contribution is 0.807. The Morgan fingerprint density at radius 2 is 1.29 bits per heavy atom. The predicted molar refractivity (Wildman–Crippen MR) is 59.7 cm³/mol. The van der Waals surface area contributed by atoms with Crippen molar-refractivity contribution >= 4 is 0 Å². The topological polar surface area (TPSA) is 24.1 Å². The maximum absolute atomic E-state index is 3.37. The van der Waals surface area contributed by atoms with E-state index in [1.165, 1.54) is 22.5 Å². The summed E-state index contributed by atoms with van der Waals surface area (Å²) in [6.07, 6.45) is 8.74. The van der Waals surface area contributed by atoms with Crippen LogP contribution >= 0.6 is 0 Å². The van der Waals surface area contributed by atoms with Crippen LogP contribution in [0.15, 0.2) is 46.8 Å². The third kappa shape index (κ3) is 1.90. The number of rotatable bonds is 1. The number of hydrogen-bond donors (Lipinski definition) is 2. The van der Waals surface area contributed by atoms with Crippen LogP contribution in [0.5, 0.6) is 0 Å². The van der Waals surface area contributed by atoms with E-state index in [9.17, 15) is 0 Å². The van der Waals surface area contributed by atoms with Crippen molar-refractivity contribution in [2.45, 2.75) is 13.8 Å². The van der Waals surface area contributed by atoms with Gasteiger partial charge in [-0.2, -0.15) is 0 Å². The Bertz CT molecular complexity index is 321. The van der Waals surface area contributed by atoms with Crippen LogP contribution < -0.4 is 10.6 Å². The monoisotopic (exact) mass is 188 g/mol. The lowest BCUT2D eigenvalue weighted by Gasteiger charge is -2.21. The Balaban J connectivity index is 2.23. The second-order valence-electron chi connectivity index (χ2n) is 3.77. The molecule has 0 unspecified atom stereocenters. The maximum atomic E-state index is 3.37. The van der Waals surface area contributed by atoms with Gasteiger partial charge in [-0.25, -0.2) is 0 Å². The Labute approximate surface area is 85.1 Å². The molecule has 0 spiro atoms. The molecule has 0 fully saturated rings. The standard InChI is InChI=1S/C12H16N2/c1-9-3-5-13-11(7-9)12-8-10(2)4-6-14-12/h3-4,7-8,13-14H,5-6H2,1-2H3. The molecule has 2 heteroatoms. The third-order valence-electron chi connectivity index (χ3n) is 2.47. The van der Waals surface area contributed by atoms with Gasteiger partial charge < -0.3 is 10.6 Å². The van der Waals surface area contributed by atoms with Crippen molar-refractivity contribution in [2.75, 3.05) is 13.1 Å². The Morgan fingerprint density at radius 1 is 0.857 bits per heavy atom. The average Bonchev–Trinajstić information content (AvgIpc) is 2.18. The van der Waals surface area contributed by atoms with E-state index in [2.05, 4.69) is 48.8 Å². The van der Waals surface area contributed by atoms with E-state index in [1.807, 2.05) is 0 Å². The van der Waals surface area contributed by atoms with E-state index in [0.717, 1.165) is 13.1 Å².